The first-order chi connectivity index (χ1) is 8.61. The molecule has 0 radical (unpaired) electrons. The second kappa shape index (κ2) is 5.03. The number of hydrogen-bond acceptors (Lipinski definition) is 3. The Balaban J connectivity index is 2.02. The van der Waals surface area contributed by atoms with Gasteiger partial charge >= 0.3 is 0 Å². The summed E-state index contributed by atoms with van der Waals surface area (Å²) in [5, 5.41) is 6.74. The average molecular weight is 248 g/mol. The first kappa shape index (κ1) is 12.3. The molecule has 1 saturated heterocycles. The molecule has 0 aliphatic carbocycles. The van der Waals surface area contributed by atoms with Crippen LogP contribution in [-0.4, -0.2) is 34.7 Å². The van der Waals surface area contributed by atoms with Crippen molar-refractivity contribution in [1.29, 1.82) is 0 Å². The van der Waals surface area contributed by atoms with Crippen molar-refractivity contribution in [3.8, 4) is 0 Å². The Morgan fingerprint density at radius 2 is 2.50 bits per heavy atom. The zero-order valence-corrected chi connectivity index (χ0v) is 10.3. The van der Waals surface area contributed by atoms with Gasteiger partial charge in [-0.25, -0.2) is 0 Å². The van der Waals surface area contributed by atoms with Crippen molar-refractivity contribution in [2.75, 3.05) is 18.0 Å². The Kier molecular flexibility index (Phi) is 3.45. The van der Waals surface area contributed by atoms with E-state index in [1.165, 1.54) is 0 Å². The van der Waals surface area contributed by atoms with E-state index in [9.17, 15) is 9.59 Å². The number of nitrogens with one attached hydrogen (secondary N) is 1. The molecule has 18 heavy (non-hydrogen) atoms. The van der Waals surface area contributed by atoms with Crippen LogP contribution in [0.5, 0.6) is 0 Å². The first-order valence-corrected chi connectivity index (χ1v) is 5.79. The number of hydrogen-bond donors (Lipinski definition) is 1. The van der Waals surface area contributed by atoms with E-state index in [1.807, 2.05) is 0 Å². The topological polar surface area (TPSA) is 67.2 Å². The molecule has 2 rings (SSSR count). The largest absolute Gasteiger partial charge is 0.352 e. The minimum Gasteiger partial charge on any atom is -0.352 e. The highest BCUT2D eigenvalue weighted by Gasteiger charge is 2.35. The summed E-state index contributed by atoms with van der Waals surface area (Å²) in [4.78, 5) is 25.2. The smallest absolute Gasteiger partial charge is 0.227 e. The molecule has 0 spiro atoms. The molecule has 1 N–H and O–H groups in total. The van der Waals surface area contributed by atoms with Gasteiger partial charge in [-0.15, -0.1) is 6.58 Å². The number of nitrogens with zero attached hydrogens (tertiary/aromatic N) is 3. The monoisotopic (exact) mass is 248 g/mol. The van der Waals surface area contributed by atoms with E-state index in [0.29, 0.717) is 13.1 Å². The van der Waals surface area contributed by atoms with Gasteiger partial charge in [0, 0.05) is 32.8 Å². The zero-order chi connectivity index (χ0) is 13.1. The Bertz CT molecular complexity index is 480. The quantitative estimate of drug-likeness (QED) is 0.767. The molecule has 1 unspecified atom stereocenters. The highest BCUT2D eigenvalue weighted by atomic mass is 16.2. The maximum Gasteiger partial charge on any atom is 0.227 e. The summed E-state index contributed by atoms with van der Waals surface area (Å²) in [5.41, 5.74) is 0.738. The van der Waals surface area contributed by atoms with Crippen LogP contribution < -0.4 is 10.2 Å². The van der Waals surface area contributed by atoms with Crippen LogP contribution in [0.1, 0.15) is 6.42 Å². The van der Waals surface area contributed by atoms with Gasteiger partial charge in [0.05, 0.1) is 17.8 Å². The third kappa shape index (κ3) is 2.42. The summed E-state index contributed by atoms with van der Waals surface area (Å²) in [6.07, 6.45) is 5.26. The van der Waals surface area contributed by atoms with Crippen LogP contribution in [-0.2, 0) is 16.6 Å². The van der Waals surface area contributed by atoms with Crippen LogP contribution in [0.3, 0.4) is 0 Å². The molecule has 1 aliphatic heterocycles. The van der Waals surface area contributed by atoms with E-state index in [2.05, 4.69) is 17.0 Å². The molecule has 0 bridgehead atoms. The molecule has 6 heteroatoms. The van der Waals surface area contributed by atoms with Crippen LogP contribution >= 0.6 is 0 Å². The van der Waals surface area contributed by atoms with Crippen molar-refractivity contribution < 1.29 is 9.59 Å². The lowest BCUT2D eigenvalue weighted by molar-refractivity contribution is -0.126. The zero-order valence-electron chi connectivity index (χ0n) is 10.3. The second-order valence-corrected chi connectivity index (χ2v) is 4.31. The van der Waals surface area contributed by atoms with Crippen LogP contribution in [0.4, 0.5) is 5.69 Å². The number of amides is 2. The predicted molar refractivity (Wildman–Crippen MR) is 66.9 cm³/mol. The molecular formula is C12H16N4O2. The third-order valence-corrected chi connectivity index (χ3v) is 2.92. The molecular weight excluding hydrogens is 232 g/mol. The van der Waals surface area contributed by atoms with E-state index < -0.39 is 0 Å². The standard InChI is InChI=1S/C12H16N4O2/c1-3-4-13-12(18)9-5-11(17)16(7-9)10-6-14-15(2)8-10/h3,6,8-9H,1,4-5,7H2,2H3,(H,13,18). The van der Waals surface area contributed by atoms with Crippen molar-refractivity contribution >= 4 is 17.5 Å². The summed E-state index contributed by atoms with van der Waals surface area (Å²) in [5.74, 6) is -0.436. The van der Waals surface area contributed by atoms with Gasteiger partial charge in [0.15, 0.2) is 0 Å². The van der Waals surface area contributed by atoms with Gasteiger partial charge in [-0.3, -0.25) is 14.3 Å². The summed E-state index contributed by atoms with van der Waals surface area (Å²) in [7, 11) is 1.79. The number of anilines is 1. The Hall–Kier alpha value is -2.11. The van der Waals surface area contributed by atoms with E-state index in [4.69, 9.17) is 0 Å². The molecule has 1 aliphatic rings. The fourth-order valence-corrected chi connectivity index (χ4v) is 2.00. The van der Waals surface area contributed by atoms with E-state index in [-0.39, 0.29) is 24.2 Å². The third-order valence-electron chi connectivity index (χ3n) is 2.92. The van der Waals surface area contributed by atoms with Crippen LogP contribution in [0.2, 0.25) is 0 Å². The van der Waals surface area contributed by atoms with Crippen molar-refractivity contribution in [1.82, 2.24) is 15.1 Å². The summed E-state index contributed by atoms with van der Waals surface area (Å²) in [6.45, 7) is 4.37. The second-order valence-electron chi connectivity index (χ2n) is 4.31. The molecule has 1 atom stereocenters. The van der Waals surface area contributed by atoms with Crippen molar-refractivity contribution in [3.63, 3.8) is 0 Å². The van der Waals surface area contributed by atoms with E-state index in [1.54, 1.807) is 35.1 Å². The molecule has 6 nitrogen and oxygen atoms in total. The molecule has 2 heterocycles. The minimum atomic E-state index is -0.294. The molecule has 0 aromatic carbocycles. The highest BCUT2D eigenvalue weighted by Crippen LogP contribution is 2.24. The summed E-state index contributed by atoms with van der Waals surface area (Å²) >= 11 is 0. The lowest BCUT2D eigenvalue weighted by Gasteiger charge is -2.13. The fourth-order valence-electron chi connectivity index (χ4n) is 2.00. The van der Waals surface area contributed by atoms with Crippen molar-refractivity contribution in [2.24, 2.45) is 13.0 Å². The van der Waals surface area contributed by atoms with Crippen LogP contribution in [0, 0.1) is 5.92 Å². The maximum absolute atomic E-state index is 11.9. The summed E-state index contributed by atoms with van der Waals surface area (Å²) in [6, 6.07) is 0. The lowest BCUT2D eigenvalue weighted by atomic mass is 10.1. The van der Waals surface area contributed by atoms with Gasteiger partial charge < -0.3 is 10.2 Å². The van der Waals surface area contributed by atoms with E-state index >= 15 is 0 Å². The SMILES string of the molecule is C=CCNC(=O)C1CC(=O)N(c2cnn(C)c2)C1. The number of carbonyl (C=O) groups is 2. The number of aromatic nitrogens is 2. The van der Waals surface area contributed by atoms with Crippen LogP contribution in [0.15, 0.2) is 25.0 Å². The Morgan fingerprint density at radius 1 is 1.72 bits per heavy atom. The van der Waals surface area contributed by atoms with Crippen molar-refractivity contribution in [3.05, 3.63) is 25.0 Å². The van der Waals surface area contributed by atoms with Gasteiger partial charge in [0.2, 0.25) is 11.8 Å². The van der Waals surface area contributed by atoms with Gasteiger partial charge in [-0.1, -0.05) is 6.08 Å². The molecule has 0 saturated carbocycles. The van der Waals surface area contributed by atoms with E-state index in [0.717, 1.165) is 5.69 Å². The summed E-state index contributed by atoms with van der Waals surface area (Å²) < 4.78 is 1.63. The van der Waals surface area contributed by atoms with Crippen molar-refractivity contribution in [2.45, 2.75) is 6.42 Å². The van der Waals surface area contributed by atoms with Gasteiger partial charge in [-0.2, -0.15) is 5.10 Å². The number of carbonyl (C=O) groups excluding carboxylic acids is 2. The first-order valence-electron chi connectivity index (χ1n) is 5.79. The number of aryl methyl sites for hydroxylation is 1. The molecule has 1 fully saturated rings. The normalized spacial score (nSPS) is 19.1. The Labute approximate surface area is 105 Å². The highest BCUT2D eigenvalue weighted by molar-refractivity contribution is 6.00. The predicted octanol–water partition coefficient (Wildman–Crippen LogP) is 0.0752. The lowest BCUT2D eigenvalue weighted by Crippen LogP contribution is -2.32. The molecule has 96 valence electrons. The van der Waals surface area contributed by atoms with Gasteiger partial charge in [0.25, 0.3) is 0 Å². The van der Waals surface area contributed by atoms with Gasteiger partial charge in [-0.05, 0) is 0 Å². The van der Waals surface area contributed by atoms with Crippen LogP contribution in [0.25, 0.3) is 0 Å². The number of rotatable bonds is 4. The fraction of sp³-hybridized carbons (Fsp3) is 0.417. The molecule has 1 aromatic heterocycles. The molecule has 1 aromatic rings. The van der Waals surface area contributed by atoms with Gasteiger partial charge in [0.1, 0.15) is 0 Å². The minimum absolute atomic E-state index is 0.0400. The molecule has 2 amide bonds. The Morgan fingerprint density at radius 3 is 3.11 bits per heavy atom. The maximum atomic E-state index is 11.9. The average Bonchev–Trinajstić information content (AvgIpc) is 2.92.